The summed E-state index contributed by atoms with van der Waals surface area (Å²) in [5, 5.41) is 9.19. The fraction of sp³-hybridized carbons (Fsp3) is 0.217. The molecular weight excluding hydrogens is 461 g/mol. The maximum Gasteiger partial charge on any atom is 0.433 e. The van der Waals surface area contributed by atoms with Crippen molar-refractivity contribution in [1.29, 1.82) is 0 Å². The fourth-order valence-corrected chi connectivity index (χ4v) is 3.71. The highest BCUT2D eigenvalue weighted by Crippen LogP contribution is 2.32. The first kappa shape index (κ1) is 24.1. The molecule has 0 aliphatic carbocycles. The number of nitrogens with one attached hydrogen (secondary N) is 2. The number of aromatic nitrogens is 4. The number of hydrogen-bond donors (Lipinski definition) is 4. The summed E-state index contributed by atoms with van der Waals surface area (Å²) < 4.78 is 40.2. The minimum atomic E-state index is -4.60. The zero-order valence-corrected chi connectivity index (χ0v) is 18.7. The van der Waals surface area contributed by atoms with Crippen LogP contribution in [-0.2, 0) is 12.6 Å². The summed E-state index contributed by atoms with van der Waals surface area (Å²) in [6.07, 6.45) is -0.518. The second-order valence-electron chi connectivity index (χ2n) is 7.95. The molecule has 4 aromatic rings. The maximum atomic E-state index is 12.8. The molecule has 3 heterocycles. The Bertz CT molecular complexity index is 1350. The molecule has 0 bridgehead atoms. The summed E-state index contributed by atoms with van der Waals surface area (Å²) in [4.78, 5) is 20.1. The van der Waals surface area contributed by atoms with E-state index in [0.29, 0.717) is 18.5 Å². The minimum Gasteiger partial charge on any atom is -0.316 e. The highest BCUT2D eigenvalue weighted by molar-refractivity contribution is 5.99. The van der Waals surface area contributed by atoms with Gasteiger partial charge in [-0.05, 0) is 55.2 Å². The first-order chi connectivity index (χ1) is 16.6. The second-order valence-corrected chi connectivity index (χ2v) is 7.95. The van der Waals surface area contributed by atoms with Gasteiger partial charge in [0.2, 0.25) is 0 Å². The van der Waals surface area contributed by atoms with Gasteiger partial charge >= 0.3 is 12.2 Å². The number of rotatable bonds is 6. The number of carbonyl (C=O) groups excluding carboxylic acids is 1. The van der Waals surface area contributed by atoms with E-state index in [2.05, 4.69) is 25.7 Å². The number of halogens is 3. The van der Waals surface area contributed by atoms with Crippen molar-refractivity contribution in [2.24, 2.45) is 11.5 Å². The smallest absolute Gasteiger partial charge is 0.316 e. The monoisotopic (exact) mass is 484 g/mol. The lowest BCUT2D eigenvalue weighted by molar-refractivity contribution is -0.141. The van der Waals surface area contributed by atoms with E-state index >= 15 is 0 Å². The number of alkyl halides is 3. The van der Waals surface area contributed by atoms with Crippen LogP contribution in [0.15, 0.2) is 55.0 Å². The van der Waals surface area contributed by atoms with Crippen LogP contribution in [0.25, 0.3) is 16.6 Å². The topological polar surface area (TPSA) is 136 Å². The number of amides is 2. The minimum absolute atomic E-state index is 0.213. The Morgan fingerprint density at radius 1 is 1.11 bits per heavy atom. The van der Waals surface area contributed by atoms with Gasteiger partial charge in [0.25, 0.3) is 0 Å². The molecule has 35 heavy (non-hydrogen) atoms. The van der Waals surface area contributed by atoms with Gasteiger partial charge in [-0.1, -0.05) is 18.2 Å². The number of hydrogen-bond acceptors (Lipinski definition) is 6. The molecule has 0 atom stereocenters. The van der Waals surface area contributed by atoms with Crippen LogP contribution in [0.5, 0.6) is 0 Å². The standard InChI is InChI=1S/C23H23F3N8O/c1-13-11-34-21(16(29-12-30-34)9-10-18(27)28)20(13)14-5-7-15(8-6-14)31-22(35)33-19-4-2-3-17(32-19)23(24,25)26/h2-8,11-12,18H,9-10,27-28H2,1H3,(H2,31,32,33,35). The van der Waals surface area contributed by atoms with Crippen LogP contribution >= 0.6 is 0 Å². The Balaban J connectivity index is 1.53. The highest BCUT2D eigenvalue weighted by atomic mass is 19.4. The maximum absolute atomic E-state index is 12.8. The lowest BCUT2D eigenvalue weighted by atomic mass is 10.0. The molecule has 182 valence electrons. The molecule has 6 N–H and O–H groups in total. The second kappa shape index (κ2) is 9.68. The third kappa shape index (κ3) is 5.55. The molecule has 0 radical (unpaired) electrons. The van der Waals surface area contributed by atoms with E-state index < -0.39 is 24.1 Å². The fourth-order valence-electron chi connectivity index (χ4n) is 3.71. The molecule has 0 saturated carbocycles. The Morgan fingerprint density at radius 3 is 2.54 bits per heavy atom. The van der Waals surface area contributed by atoms with Crippen molar-refractivity contribution in [1.82, 2.24) is 19.6 Å². The van der Waals surface area contributed by atoms with Gasteiger partial charge in [0, 0.05) is 17.4 Å². The third-order valence-electron chi connectivity index (χ3n) is 5.27. The van der Waals surface area contributed by atoms with Crippen LogP contribution in [0, 0.1) is 6.92 Å². The van der Waals surface area contributed by atoms with Crippen molar-refractivity contribution in [2.75, 3.05) is 10.6 Å². The van der Waals surface area contributed by atoms with E-state index in [1.165, 1.54) is 18.5 Å². The number of fused-ring (bicyclic) bond motifs is 1. The molecule has 1 aromatic carbocycles. The number of benzene rings is 1. The Labute approximate surface area is 198 Å². The van der Waals surface area contributed by atoms with Gasteiger partial charge < -0.3 is 16.8 Å². The molecule has 3 aromatic heterocycles. The van der Waals surface area contributed by atoms with E-state index in [9.17, 15) is 18.0 Å². The van der Waals surface area contributed by atoms with Gasteiger partial charge in [-0.3, -0.25) is 5.32 Å². The summed E-state index contributed by atoms with van der Waals surface area (Å²) >= 11 is 0. The first-order valence-electron chi connectivity index (χ1n) is 10.7. The molecule has 0 aliphatic rings. The molecule has 0 spiro atoms. The lowest BCUT2D eigenvalue weighted by Crippen LogP contribution is -2.30. The van der Waals surface area contributed by atoms with Crippen LogP contribution in [0.2, 0.25) is 0 Å². The SMILES string of the molecule is Cc1cn2ncnc(CCC(N)N)c2c1-c1ccc(NC(=O)Nc2cccc(C(F)(F)F)n2)cc1. The van der Waals surface area contributed by atoms with Crippen LogP contribution in [-0.4, -0.2) is 31.8 Å². The van der Waals surface area contributed by atoms with Gasteiger partial charge in [0.05, 0.1) is 17.4 Å². The van der Waals surface area contributed by atoms with Crippen LogP contribution in [0.4, 0.5) is 29.5 Å². The predicted octanol–water partition coefficient (Wildman–Crippen LogP) is 3.94. The Hall–Kier alpha value is -4.03. The van der Waals surface area contributed by atoms with Crippen molar-refractivity contribution in [3.05, 3.63) is 71.9 Å². The molecular formula is C23H23F3N8O. The van der Waals surface area contributed by atoms with E-state index in [4.69, 9.17) is 11.5 Å². The van der Waals surface area contributed by atoms with Crippen molar-refractivity contribution in [3.63, 3.8) is 0 Å². The number of carbonyl (C=O) groups is 1. The molecule has 0 unspecified atom stereocenters. The van der Waals surface area contributed by atoms with Crippen LogP contribution < -0.4 is 22.1 Å². The summed E-state index contributed by atoms with van der Waals surface area (Å²) in [7, 11) is 0. The van der Waals surface area contributed by atoms with E-state index in [1.54, 1.807) is 16.6 Å². The van der Waals surface area contributed by atoms with Crippen LogP contribution in [0.1, 0.15) is 23.4 Å². The van der Waals surface area contributed by atoms with E-state index in [0.717, 1.165) is 34.0 Å². The number of nitrogens with zero attached hydrogens (tertiary/aromatic N) is 4. The van der Waals surface area contributed by atoms with Crippen molar-refractivity contribution < 1.29 is 18.0 Å². The number of urea groups is 1. The van der Waals surface area contributed by atoms with Crippen molar-refractivity contribution in [2.45, 2.75) is 32.1 Å². The number of pyridine rings is 1. The Kier molecular flexibility index (Phi) is 6.67. The normalized spacial score (nSPS) is 11.7. The molecule has 0 saturated heterocycles. The van der Waals surface area contributed by atoms with Gasteiger partial charge in [-0.2, -0.15) is 18.3 Å². The zero-order valence-electron chi connectivity index (χ0n) is 18.7. The zero-order chi connectivity index (χ0) is 25.2. The van der Waals surface area contributed by atoms with Crippen molar-refractivity contribution in [3.8, 4) is 11.1 Å². The molecule has 9 nitrogen and oxygen atoms in total. The Morgan fingerprint density at radius 2 is 1.86 bits per heavy atom. The van der Waals surface area contributed by atoms with Gasteiger partial charge in [0.1, 0.15) is 17.8 Å². The number of nitrogens with two attached hydrogens (primary N) is 2. The number of aryl methyl sites for hydroxylation is 2. The summed E-state index contributed by atoms with van der Waals surface area (Å²) in [5.41, 5.74) is 15.2. The predicted molar refractivity (Wildman–Crippen MR) is 126 cm³/mol. The summed E-state index contributed by atoms with van der Waals surface area (Å²) in [6.45, 7) is 1.96. The highest BCUT2D eigenvalue weighted by Gasteiger charge is 2.32. The lowest BCUT2D eigenvalue weighted by Gasteiger charge is -2.11. The van der Waals surface area contributed by atoms with Gasteiger partial charge in [-0.15, -0.1) is 0 Å². The summed E-state index contributed by atoms with van der Waals surface area (Å²) in [6, 6.07) is 9.59. The molecule has 2 amide bonds. The average Bonchev–Trinajstić information content (AvgIpc) is 3.14. The first-order valence-corrected chi connectivity index (χ1v) is 10.7. The van der Waals surface area contributed by atoms with Crippen molar-refractivity contribution >= 4 is 23.1 Å². The largest absolute Gasteiger partial charge is 0.433 e. The van der Waals surface area contributed by atoms with Gasteiger partial charge in [0.15, 0.2) is 0 Å². The average molecular weight is 484 g/mol. The molecule has 4 rings (SSSR count). The van der Waals surface area contributed by atoms with E-state index in [1.807, 2.05) is 25.3 Å². The molecule has 0 fully saturated rings. The summed E-state index contributed by atoms with van der Waals surface area (Å²) in [5.74, 6) is -0.213. The van der Waals surface area contributed by atoms with Gasteiger partial charge in [-0.25, -0.2) is 19.3 Å². The molecule has 0 aliphatic heterocycles. The molecule has 12 heteroatoms. The number of anilines is 2. The van der Waals surface area contributed by atoms with Crippen LogP contribution in [0.3, 0.4) is 0 Å². The quantitative estimate of drug-likeness (QED) is 0.306. The van der Waals surface area contributed by atoms with E-state index in [-0.39, 0.29) is 5.82 Å². The third-order valence-corrected chi connectivity index (χ3v) is 5.27.